The molecule has 2 fully saturated rings. The lowest BCUT2D eigenvalue weighted by atomic mass is 10.2. The average molecular weight is 248 g/mol. The van der Waals surface area contributed by atoms with Crippen molar-refractivity contribution in [2.45, 2.75) is 57.2 Å². The highest BCUT2D eigenvalue weighted by Gasteiger charge is 2.34. The van der Waals surface area contributed by atoms with Gasteiger partial charge in [0.15, 0.2) is 0 Å². The third-order valence-corrected chi connectivity index (χ3v) is 3.84. The summed E-state index contributed by atoms with van der Waals surface area (Å²) in [5.41, 5.74) is 0. The number of carbonyl (C=O) groups is 1. The van der Waals surface area contributed by atoms with E-state index in [9.17, 15) is 4.79 Å². The summed E-state index contributed by atoms with van der Waals surface area (Å²) in [5, 5.41) is 3.16. The van der Waals surface area contributed by atoms with Crippen LogP contribution in [0.4, 0.5) is 4.79 Å². The van der Waals surface area contributed by atoms with Gasteiger partial charge in [-0.05, 0) is 37.8 Å². The zero-order chi connectivity index (χ0) is 12.4. The van der Waals surface area contributed by atoms with E-state index in [1.165, 1.54) is 12.8 Å². The predicted molar refractivity (Wildman–Crippen MR) is 68.1 cm³/mol. The van der Waals surface area contributed by atoms with E-state index in [-0.39, 0.29) is 6.03 Å². The second kappa shape index (κ2) is 5.04. The SMILES string of the molecule is O=C(NC1CCCC1)N(Cc1ccco1)C1CC1. The number of nitrogens with one attached hydrogen (secondary N) is 1. The third kappa shape index (κ3) is 2.68. The van der Waals surface area contributed by atoms with Gasteiger partial charge in [-0.3, -0.25) is 0 Å². The minimum atomic E-state index is 0.0841. The fourth-order valence-electron chi connectivity index (χ4n) is 2.65. The molecule has 1 N–H and O–H groups in total. The number of furan rings is 1. The van der Waals surface area contributed by atoms with Crippen LogP contribution in [0.2, 0.25) is 0 Å². The molecule has 0 aromatic carbocycles. The molecule has 0 bridgehead atoms. The molecule has 0 aliphatic heterocycles. The van der Waals surface area contributed by atoms with Crippen LogP contribution < -0.4 is 5.32 Å². The summed E-state index contributed by atoms with van der Waals surface area (Å²) in [4.78, 5) is 14.2. The Morgan fingerprint density at radius 1 is 1.33 bits per heavy atom. The molecule has 2 aliphatic carbocycles. The molecule has 98 valence electrons. The predicted octanol–water partition coefficient (Wildman–Crippen LogP) is 2.90. The zero-order valence-electron chi connectivity index (χ0n) is 10.6. The van der Waals surface area contributed by atoms with Gasteiger partial charge in [0.05, 0.1) is 12.8 Å². The van der Waals surface area contributed by atoms with E-state index in [0.717, 1.165) is 31.4 Å². The van der Waals surface area contributed by atoms with Gasteiger partial charge in [-0.25, -0.2) is 4.79 Å². The molecular weight excluding hydrogens is 228 g/mol. The molecule has 1 heterocycles. The van der Waals surface area contributed by atoms with Crippen molar-refractivity contribution < 1.29 is 9.21 Å². The van der Waals surface area contributed by atoms with Crippen LogP contribution in [-0.2, 0) is 6.54 Å². The Labute approximate surface area is 107 Å². The quantitative estimate of drug-likeness (QED) is 0.890. The summed E-state index contributed by atoms with van der Waals surface area (Å²) in [5.74, 6) is 0.864. The van der Waals surface area contributed by atoms with Crippen LogP contribution in [0.3, 0.4) is 0 Å². The molecule has 0 unspecified atom stereocenters. The fraction of sp³-hybridized carbons (Fsp3) is 0.643. The Morgan fingerprint density at radius 2 is 2.11 bits per heavy atom. The molecule has 0 atom stereocenters. The maximum atomic E-state index is 12.3. The van der Waals surface area contributed by atoms with Crippen LogP contribution in [0.15, 0.2) is 22.8 Å². The number of urea groups is 1. The highest BCUT2D eigenvalue weighted by atomic mass is 16.3. The minimum absolute atomic E-state index is 0.0841. The molecule has 0 radical (unpaired) electrons. The van der Waals surface area contributed by atoms with Crippen molar-refractivity contribution in [3.8, 4) is 0 Å². The Morgan fingerprint density at radius 3 is 2.72 bits per heavy atom. The standard InChI is InChI=1S/C14H20N2O2/c17-14(15-11-4-1-2-5-11)16(12-7-8-12)10-13-6-3-9-18-13/h3,6,9,11-12H,1-2,4-5,7-8,10H2,(H,15,17). The van der Waals surface area contributed by atoms with Gasteiger partial charge in [0, 0.05) is 12.1 Å². The summed E-state index contributed by atoms with van der Waals surface area (Å²) in [6.45, 7) is 0.593. The van der Waals surface area contributed by atoms with Gasteiger partial charge in [-0.15, -0.1) is 0 Å². The molecule has 2 amide bonds. The van der Waals surface area contributed by atoms with Crippen LogP contribution in [0.5, 0.6) is 0 Å². The number of carbonyl (C=O) groups excluding carboxylic acids is 1. The summed E-state index contributed by atoms with van der Waals surface area (Å²) < 4.78 is 5.34. The van der Waals surface area contributed by atoms with E-state index >= 15 is 0 Å². The zero-order valence-corrected chi connectivity index (χ0v) is 10.6. The first-order valence-corrected chi connectivity index (χ1v) is 6.92. The molecule has 3 rings (SSSR count). The first kappa shape index (κ1) is 11.6. The summed E-state index contributed by atoms with van der Waals surface area (Å²) in [7, 11) is 0. The van der Waals surface area contributed by atoms with Crippen molar-refractivity contribution in [3.63, 3.8) is 0 Å². The lowest BCUT2D eigenvalue weighted by Crippen LogP contribution is -2.44. The van der Waals surface area contributed by atoms with E-state index < -0.39 is 0 Å². The van der Waals surface area contributed by atoms with E-state index in [4.69, 9.17) is 4.42 Å². The van der Waals surface area contributed by atoms with Gasteiger partial charge in [0.25, 0.3) is 0 Å². The monoisotopic (exact) mass is 248 g/mol. The van der Waals surface area contributed by atoms with Crippen molar-refractivity contribution in [3.05, 3.63) is 24.2 Å². The van der Waals surface area contributed by atoms with Gasteiger partial charge in [0.2, 0.25) is 0 Å². The largest absolute Gasteiger partial charge is 0.467 e. The van der Waals surface area contributed by atoms with E-state index in [2.05, 4.69) is 5.32 Å². The lowest BCUT2D eigenvalue weighted by Gasteiger charge is -2.24. The molecule has 1 aromatic rings. The minimum Gasteiger partial charge on any atom is -0.467 e. The molecule has 2 saturated carbocycles. The van der Waals surface area contributed by atoms with Gasteiger partial charge in [-0.1, -0.05) is 12.8 Å². The van der Waals surface area contributed by atoms with Gasteiger partial charge >= 0.3 is 6.03 Å². The molecule has 0 spiro atoms. The van der Waals surface area contributed by atoms with Crippen molar-refractivity contribution >= 4 is 6.03 Å². The van der Waals surface area contributed by atoms with Crippen LogP contribution in [-0.4, -0.2) is 23.0 Å². The molecule has 4 nitrogen and oxygen atoms in total. The third-order valence-electron chi connectivity index (χ3n) is 3.84. The fourth-order valence-corrected chi connectivity index (χ4v) is 2.65. The highest BCUT2D eigenvalue weighted by molar-refractivity contribution is 5.75. The van der Waals surface area contributed by atoms with E-state index in [1.807, 2.05) is 17.0 Å². The summed E-state index contributed by atoms with van der Waals surface area (Å²) in [6, 6.07) is 4.68. The normalized spacial score (nSPS) is 20.0. The maximum absolute atomic E-state index is 12.3. The first-order chi connectivity index (χ1) is 8.83. The smallest absolute Gasteiger partial charge is 0.318 e. The number of hydrogen-bond acceptors (Lipinski definition) is 2. The van der Waals surface area contributed by atoms with E-state index in [0.29, 0.717) is 18.6 Å². The highest BCUT2D eigenvalue weighted by Crippen LogP contribution is 2.29. The Hall–Kier alpha value is -1.45. The van der Waals surface area contributed by atoms with Crippen molar-refractivity contribution in [1.82, 2.24) is 10.2 Å². The topological polar surface area (TPSA) is 45.5 Å². The van der Waals surface area contributed by atoms with Crippen LogP contribution in [0, 0.1) is 0 Å². The van der Waals surface area contributed by atoms with Crippen LogP contribution in [0.25, 0.3) is 0 Å². The Kier molecular flexibility index (Phi) is 3.26. The van der Waals surface area contributed by atoms with Gasteiger partial charge in [-0.2, -0.15) is 0 Å². The van der Waals surface area contributed by atoms with Crippen LogP contribution in [0.1, 0.15) is 44.3 Å². The Bertz CT molecular complexity index is 392. The van der Waals surface area contributed by atoms with Gasteiger partial charge in [0.1, 0.15) is 5.76 Å². The molecule has 2 aliphatic rings. The van der Waals surface area contributed by atoms with Crippen molar-refractivity contribution in [1.29, 1.82) is 0 Å². The first-order valence-electron chi connectivity index (χ1n) is 6.92. The molecule has 0 saturated heterocycles. The van der Waals surface area contributed by atoms with Gasteiger partial charge < -0.3 is 14.6 Å². The Balaban J connectivity index is 1.60. The lowest BCUT2D eigenvalue weighted by molar-refractivity contribution is 0.183. The number of hydrogen-bond donors (Lipinski definition) is 1. The number of rotatable bonds is 4. The second-order valence-corrected chi connectivity index (χ2v) is 5.37. The van der Waals surface area contributed by atoms with Crippen LogP contribution >= 0.6 is 0 Å². The summed E-state index contributed by atoms with van der Waals surface area (Å²) >= 11 is 0. The number of nitrogens with zero attached hydrogens (tertiary/aromatic N) is 1. The molecule has 1 aromatic heterocycles. The van der Waals surface area contributed by atoms with E-state index in [1.54, 1.807) is 6.26 Å². The molecule has 18 heavy (non-hydrogen) atoms. The maximum Gasteiger partial charge on any atom is 0.318 e. The average Bonchev–Trinajstić information content (AvgIpc) is 2.87. The van der Waals surface area contributed by atoms with Crippen molar-refractivity contribution in [2.24, 2.45) is 0 Å². The molecule has 4 heteroatoms. The molecular formula is C14H20N2O2. The second-order valence-electron chi connectivity index (χ2n) is 5.37. The summed E-state index contributed by atoms with van der Waals surface area (Å²) in [6.07, 6.45) is 8.65. The number of amides is 2. The van der Waals surface area contributed by atoms with Crippen molar-refractivity contribution in [2.75, 3.05) is 0 Å².